The average Bonchev–Trinajstić information content (AvgIpc) is 2.68. The number of hydrogen-bond acceptors (Lipinski definition) is 4. The number of rotatable bonds is 8. The number of benzene rings is 2. The molecule has 1 saturated heterocycles. The summed E-state index contributed by atoms with van der Waals surface area (Å²) < 4.78 is 33.0. The van der Waals surface area contributed by atoms with Crippen molar-refractivity contribution >= 4 is 21.6 Å². The highest BCUT2D eigenvalue weighted by molar-refractivity contribution is 7.89. The Hall–Kier alpha value is -1.44. The first-order valence-corrected chi connectivity index (χ1v) is 11.0. The van der Waals surface area contributed by atoms with Gasteiger partial charge in [0.25, 0.3) is 0 Å². The molecule has 0 saturated carbocycles. The third-order valence-corrected chi connectivity index (χ3v) is 6.32. The van der Waals surface area contributed by atoms with Crippen molar-refractivity contribution in [3.63, 3.8) is 0 Å². The Morgan fingerprint density at radius 3 is 2.70 bits per heavy atom. The zero-order chi connectivity index (χ0) is 19.1. The molecule has 1 heterocycles. The van der Waals surface area contributed by atoms with Crippen LogP contribution in [-0.2, 0) is 14.8 Å². The lowest BCUT2D eigenvalue weighted by atomic mass is 10.1. The van der Waals surface area contributed by atoms with Crippen LogP contribution in [0.4, 0.5) is 0 Å². The Labute approximate surface area is 166 Å². The standard InChI is InChI=1S/C20H25ClN2O3S/c21-18-9-6-10-19(15-18)27(24,25)22-11-4-5-12-23-13-14-26-20(16-23)17-7-2-1-3-8-17/h1-3,6-10,15,20,22H,4-5,11-14,16H2/t20-/m0/s1. The predicted octanol–water partition coefficient (Wildman–Crippen LogP) is 3.47. The van der Waals surface area contributed by atoms with Gasteiger partial charge >= 0.3 is 0 Å². The minimum Gasteiger partial charge on any atom is -0.371 e. The normalized spacial score (nSPS) is 18.5. The second-order valence-electron chi connectivity index (χ2n) is 6.63. The van der Waals surface area contributed by atoms with Crippen LogP contribution in [0, 0.1) is 0 Å². The molecule has 0 spiro atoms. The minimum atomic E-state index is -3.50. The summed E-state index contributed by atoms with van der Waals surface area (Å²) in [5.41, 5.74) is 1.21. The lowest BCUT2D eigenvalue weighted by molar-refractivity contribution is -0.0303. The summed E-state index contributed by atoms with van der Waals surface area (Å²) in [6.45, 7) is 3.86. The van der Waals surface area contributed by atoms with Crippen molar-refractivity contribution in [2.45, 2.75) is 23.8 Å². The van der Waals surface area contributed by atoms with Gasteiger partial charge in [-0.25, -0.2) is 13.1 Å². The molecule has 3 rings (SSSR count). The van der Waals surface area contributed by atoms with Crippen LogP contribution in [0.15, 0.2) is 59.5 Å². The topological polar surface area (TPSA) is 58.6 Å². The summed E-state index contributed by atoms with van der Waals surface area (Å²) in [5.74, 6) is 0. The lowest BCUT2D eigenvalue weighted by Crippen LogP contribution is -2.39. The number of nitrogens with one attached hydrogen (secondary N) is 1. The van der Waals surface area contributed by atoms with E-state index in [4.69, 9.17) is 16.3 Å². The maximum Gasteiger partial charge on any atom is 0.240 e. The Morgan fingerprint density at radius 2 is 1.93 bits per heavy atom. The third-order valence-electron chi connectivity index (χ3n) is 4.62. The molecule has 5 nitrogen and oxygen atoms in total. The molecule has 27 heavy (non-hydrogen) atoms. The quantitative estimate of drug-likeness (QED) is 0.679. The van der Waals surface area contributed by atoms with Gasteiger partial charge in [0.15, 0.2) is 0 Å². The molecule has 1 fully saturated rings. The van der Waals surface area contributed by atoms with E-state index in [2.05, 4.69) is 21.8 Å². The number of halogens is 1. The van der Waals surface area contributed by atoms with Crippen molar-refractivity contribution in [1.82, 2.24) is 9.62 Å². The molecule has 0 unspecified atom stereocenters. The van der Waals surface area contributed by atoms with Gasteiger partial charge in [-0.15, -0.1) is 0 Å². The zero-order valence-corrected chi connectivity index (χ0v) is 16.8. The van der Waals surface area contributed by atoms with E-state index in [0.717, 1.165) is 39.1 Å². The second kappa shape index (κ2) is 9.66. The summed E-state index contributed by atoms with van der Waals surface area (Å²) in [7, 11) is -3.50. The van der Waals surface area contributed by atoms with Crippen molar-refractivity contribution in [2.75, 3.05) is 32.8 Å². The van der Waals surface area contributed by atoms with E-state index in [-0.39, 0.29) is 11.0 Å². The monoisotopic (exact) mass is 408 g/mol. The molecule has 0 amide bonds. The molecule has 2 aromatic rings. The SMILES string of the molecule is O=S(=O)(NCCCCN1CCO[C@H](c2ccccc2)C1)c1cccc(Cl)c1. The maximum absolute atomic E-state index is 12.3. The summed E-state index contributed by atoms with van der Waals surface area (Å²) in [5, 5.41) is 0.415. The first kappa shape index (κ1) is 20.3. The maximum atomic E-state index is 12.3. The van der Waals surface area contributed by atoms with E-state index in [1.807, 2.05) is 18.2 Å². The molecule has 7 heteroatoms. The molecule has 0 radical (unpaired) electrons. The average molecular weight is 409 g/mol. The summed E-state index contributed by atoms with van der Waals surface area (Å²) in [4.78, 5) is 2.58. The summed E-state index contributed by atoms with van der Waals surface area (Å²) in [6.07, 6.45) is 1.83. The fourth-order valence-corrected chi connectivity index (χ4v) is 4.53. The van der Waals surface area contributed by atoms with E-state index in [1.165, 1.54) is 11.6 Å². The Morgan fingerprint density at radius 1 is 1.11 bits per heavy atom. The van der Waals surface area contributed by atoms with Crippen molar-refractivity contribution in [1.29, 1.82) is 0 Å². The number of hydrogen-bond donors (Lipinski definition) is 1. The molecule has 2 aromatic carbocycles. The Kier molecular flexibility index (Phi) is 7.26. The smallest absolute Gasteiger partial charge is 0.240 e. The van der Waals surface area contributed by atoms with Crippen LogP contribution in [-0.4, -0.2) is 46.1 Å². The van der Waals surface area contributed by atoms with Gasteiger partial charge in [-0.05, 0) is 43.1 Å². The number of ether oxygens (including phenoxy) is 1. The van der Waals surface area contributed by atoms with Crippen LogP contribution in [0.25, 0.3) is 0 Å². The van der Waals surface area contributed by atoms with Crippen LogP contribution in [0.1, 0.15) is 24.5 Å². The summed E-state index contributed by atoms with van der Waals surface area (Å²) in [6, 6.07) is 16.6. The molecule has 1 aliphatic heterocycles. The van der Waals surface area contributed by atoms with Gasteiger partial charge in [-0.2, -0.15) is 0 Å². The van der Waals surface area contributed by atoms with Gasteiger partial charge < -0.3 is 4.74 Å². The third kappa shape index (κ3) is 6.02. The van der Waals surface area contributed by atoms with Gasteiger partial charge in [0, 0.05) is 24.7 Å². The van der Waals surface area contributed by atoms with Crippen LogP contribution in [0.2, 0.25) is 5.02 Å². The van der Waals surface area contributed by atoms with Gasteiger partial charge in [0.2, 0.25) is 10.0 Å². The van der Waals surface area contributed by atoms with Crippen LogP contribution < -0.4 is 4.72 Å². The zero-order valence-electron chi connectivity index (χ0n) is 15.2. The van der Waals surface area contributed by atoms with Gasteiger partial charge in [-0.1, -0.05) is 48.0 Å². The van der Waals surface area contributed by atoms with Crippen LogP contribution in [0.3, 0.4) is 0 Å². The van der Waals surface area contributed by atoms with Crippen molar-refractivity contribution in [3.8, 4) is 0 Å². The molecule has 1 N–H and O–H groups in total. The highest BCUT2D eigenvalue weighted by atomic mass is 35.5. The number of nitrogens with zero attached hydrogens (tertiary/aromatic N) is 1. The number of sulfonamides is 1. The van der Waals surface area contributed by atoms with E-state index < -0.39 is 10.0 Å². The largest absolute Gasteiger partial charge is 0.371 e. The van der Waals surface area contributed by atoms with Crippen molar-refractivity contribution in [2.24, 2.45) is 0 Å². The number of morpholine rings is 1. The highest BCUT2D eigenvalue weighted by Crippen LogP contribution is 2.22. The molecule has 0 aliphatic carbocycles. The van der Waals surface area contributed by atoms with Crippen molar-refractivity contribution < 1.29 is 13.2 Å². The molecule has 0 bridgehead atoms. The minimum absolute atomic E-state index is 0.112. The first-order valence-electron chi connectivity index (χ1n) is 9.19. The van der Waals surface area contributed by atoms with E-state index in [0.29, 0.717) is 11.6 Å². The summed E-state index contributed by atoms with van der Waals surface area (Å²) >= 11 is 5.87. The fourth-order valence-electron chi connectivity index (χ4n) is 3.16. The molecular weight excluding hydrogens is 384 g/mol. The van der Waals surface area contributed by atoms with Crippen LogP contribution >= 0.6 is 11.6 Å². The van der Waals surface area contributed by atoms with Crippen LogP contribution in [0.5, 0.6) is 0 Å². The predicted molar refractivity (Wildman–Crippen MR) is 107 cm³/mol. The number of unbranched alkanes of at least 4 members (excludes halogenated alkanes) is 1. The van der Waals surface area contributed by atoms with Gasteiger partial charge in [0.1, 0.15) is 0 Å². The molecule has 1 atom stereocenters. The first-order chi connectivity index (χ1) is 13.0. The van der Waals surface area contributed by atoms with Gasteiger partial charge in [0.05, 0.1) is 17.6 Å². The highest BCUT2D eigenvalue weighted by Gasteiger charge is 2.21. The van der Waals surface area contributed by atoms with E-state index in [9.17, 15) is 8.42 Å². The Balaban J connectivity index is 1.40. The Bertz CT molecular complexity index is 830. The van der Waals surface area contributed by atoms with Gasteiger partial charge in [-0.3, -0.25) is 4.90 Å². The fraction of sp³-hybridized carbons (Fsp3) is 0.400. The van der Waals surface area contributed by atoms with E-state index >= 15 is 0 Å². The van der Waals surface area contributed by atoms with E-state index in [1.54, 1.807) is 18.2 Å². The molecule has 1 aliphatic rings. The molecule has 146 valence electrons. The second-order valence-corrected chi connectivity index (χ2v) is 8.84. The lowest BCUT2D eigenvalue weighted by Gasteiger charge is -2.33. The van der Waals surface area contributed by atoms with Crippen molar-refractivity contribution in [3.05, 3.63) is 65.2 Å². The molecule has 0 aromatic heterocycles. The molecular formula is C20H25ClN2O3S.